The number of halogens is 2. The molecule has 0 saturated carbocycles. The van der Waals surface area contributed by atoms with Gasteiger partial charge in [-0.25, -0.2) is 9.18 Å². The third-order valence-corrected chi connectivity index (χ3v) is 5.35. The van der Waals surface area contributed by atoms with E-state index in [2.05, 4.69) is 25.3 Å². The highest BCUT2D eigenvalue weighted by Gasteiger charge is 2.23. The third-order valence-electron chi connectivity index (χ3n) is 5.07. The second-order valence-electron chi connectivity index (χ2n) is 6.90. The monoisotopic (exact) mass is 420 g/mol. The summed E-state index contributed by atoms with van der Waals surface area (Å²) in [6.07, 6.45) is 1.77. The van der Waals surface area contributed by atoms with Gasteiger partial charge in [-0.15, -0.1) is 5.10 Å². The number of urea groups is 1. The first-order valence-electron chi connectivity index (χ1n) is 9.51. The van der Waals surface area contributed by atoms with Gasteiger partial charge < -0.3 is 24.8 Å². The van der Waals surface area contributed by atoms with E-state index in [-0.39, 0.29) is 11.1 Å². The average Bonchev–Trinajstić information content (AvgIpc) is 2.77. The maximum Gasteiger partial charge on any atom is 0.321 e. The smallest absolute Gasteiger partial charge is 0.321 e. The summed E-state index contributed by atoms with van der Waals surface area (Å²) < 4.78 is 18.7. The number of rotatable bonds is 3. The maximum atomic E-state index is 13.3. The lowest BCUT2D eigenvalue weighted by Crippen LogP contribution is -2.50. The Labute approximate surface area is 173 Å². The molecule has 0 unspecified atom stereocenters. The van der Waals surface area contributed by atoms with Crippen LogP contribution in [0.4, 0.5) is 26.4 Å². The Hall–Kier alpha value is -2.65. The first-order valence-corrected chi connectivity index (χ1v) is 9.89. The Bertz CT molecular complexity index is 872. The number of amides is 2. The molecule has 1 aromatic heterocycles. The van der Waals surface area contributed by atoms with Crippen LogP contribution in [0.15, 0.2) is 30.5 Å². The first-order chi connectivity index (χ1) is 14.1. The molecule has 0 spiro atoms. The molecule has 0 aliphatic carbocycles. The Morgan fingerprint density at radius 1 is 1.07 bits per heavy atom. The number of piperazine rings is 1. The third kappa shape index (κ3) is 4.68. The summed E-state index contributed by atoms with van der Waals surface area (Å²) in [4.78, 5) is 18.6. The molecular formula is C19H22ClFN6O2. The summed E-state index contributed by atoms with van der Waals surface area (Å²) in [6.45, 7) is 5.50. The van der Waals surface area contributed by atoms with Crippen LogP contribution in [-0.2, 0) is 4.74 Å². The van der Waals surface area contributed by atoms with Gasteiger partial charge in [0.25, 0.3) is 0 Å². The van der Waals surface area contributed by atoms with E-state index >= 15 is 0 Å². The van der Waals surface area contributed by atoms with E-state index in [1.54, 1.807) is 11.1 Å². The number of carbonyl (C=O) groups is 1. The highest BCUT2D eigenvalue weighted by Crippen LogP contribution is 2.22. The van der Waals surface area contributed by atoms with E-state index in [0.717, 1.165) is 24.6 Å². The van der Waals surface area contributed by atoms with Gasteiger partial charge >= 0.3 is 6.03 Å². The average molecular weight is 421 g/mol. The SMILES string of the molecule is O=C(Nc1ccc(F)c(Cl)c1)N1CCN(c2cc(N3CCOCC3)cnn2)CC1. The summed E-state index contributed by atoms with van der Waals surface area (Å²) in [5.41, 5.74) is 1.50. The fraction of sp³-hybridized carbons (Fsp3) is 0.421. The molecule has 10 heteroatoms. The van der Waals surface area contributed by atoms with E-state index in [9.17, 15) is 9.18 Å². The minimum Gasteiger partial charge on any atom is -0.378 e. The fourth-order valence-electron chi connectivity index (χ4n) is 3.41. The number of hydrogen-bond acceptors (Lipinski definition) is 6. The van der Waals surface area contributed by atoms with Crippen LogP contribution < -0.4 is 15.1 Å². The quantitative estimate of drug-likeness (QED) is 0.822. The number of hydrogen-bond donors (Lipinski definition) is 1. The number of anilines is 3. The molecule has 29 heavy (non-hydrogen) atoms. The van der Waals surface area contributed by atoms with Crippen molar-refractivity contribution in [2.75, 3.05) is 67.6 Å². The summed E-state index contributed by atoms with van der Waals surface area (Å²) >= 11 is 5.77. The minimum absolute atomic E-state index is 0.0219. The normalized spacial score (nSPS) is 17.4. The van der Waals surface area contributed by atoms with Gasteiger partial charge in [0.2, 0.25) is 0 Å². The lowest BCUT2D eigenvalue weighted by Gasteiger charge is -2.35. The van der Waals surface area contributed by atoms with Crippen molar-refractivity contribution in [1.29, 1.82) is 0 Å². The second-order valence-corrected chi connectivity index (χ2v) is 7.31. The van der Waals surface area contributed by atoms with Crippen LogP contribution in [0, 0.1) is 5.82 Å². The number of nitrogens with zero attached hydrogens (tertiary/aromatic N) is 5. The van der Waals surface area contributed by atoms with Gasteiger partial charge in [0, 0.05) is 51.0 Å². The topological polar surface area (TPSA) is 73.8 Å². The van der Waals surface area contributed by atoms with E-state index in [1.165, 1.54) is 18.2 Å². The summed E-state index contributed by atoms with van der Waals surface area (Å²) in [6, 6.07) is 5.92. The summed E-state index contributed by atoms with van der Waals surface area (Å²) in [7, 11) is 0. The highest BCUT2D eigenvalue weighted by atomic mass is 35.5. The van der Waals surface area contributed by atoms with E-state index in [1.807, 2.05) is 6.07 Å². The fourth-order valence-corrected chi connectivity index (χ4v) is 3.59. The van der Waals surface area contributed by atoms with Crippen LogP contribution in [0.2, 0.25) is 5.02 Å². The molecular weight excluding hydrogens is 399 g/mol. The number of morpholine rings is 1. The van der Waals surface area contributed by atoms with Crippen LogP contribution >= 0.6 is 11.6 Å². The van der Waals surface area contributed by atoms with Gasteiger partial charge in [-0.1, -0.05) is 11.6 Å². The Morgan fingerprint density at radius 3 is 2.55 bits per heavy atom. The van der Waals surface area contributed by atoms with Crippen molar-refractivity contribution in [3.8, 4) is 0 Å². The molecule has 3 heterocycles. The molecule has 2 amide bonds. The van der Waals surface area contributed by atoms with Gasteiger partial charge in [-0.05, 0) is 18.2 Å². The molecule has 1 aromatic carbocycles. The maximum absolute atomic E-state index is 13.3. The zero-order valence-corrected chi connectivity index (χ0v) is 16.6. The lowest BCUT2D eigenvalue weighted by atomic mass is 10.3. The van der Waals surface area contributed by atoms with E-state index in [4.69, 9.17) is 16.3 Å². The number of benzene rings is 1. The van der Waals surface area contributed by atoms with Gasteiger partial charge in [0.1, 0.15) is 5.82 Å². The number of aromatic nitrogens is 2. The zero-order valence-electron chi connectivity index (χ0n) is 15.9. The second kappa shape index (κ2) is 8.79. The van der Waals surface area contributed by atoms with Crippen LogP contribution in [0.1, 0.15) is 0 Å². The minimum atomic E-state index is -0.515. The Kier molecular flexibility index (Phi) is 5.96. The Balaban J connectivity index is 1.34. The number of ether oxygens (including phenoxy) is 1. The standard InChI is InChI=1S/C19H22ClFN6O2/c20-16-11-14(1-2-17(16)21)23-19(28)27-5-3-26(4-6-27)18-12-15(13-22-24-18)25-7-9-29-10-8-25/h1-2,11-13H,3-10H2,(H,23,28). The molecule has 0 bridgehead atoms. The summed E-state index contributed by atoms with van der Waals surface area (Å²) in [5.74, 6) is 0.290. The molecule has 8 nitrogen and oxygen atoms in total. The molecule has 154 valence electrons. The van der Waals surface area contributed by atoms with Crippen molar-refractivity contribution >= 4 is 34.8 Å². The van der Waals surface area contributed by atoms with Crippen molar-refractivity contribution in [2.24, 2.45) is 0 Å². The zero-order chi connectivity index (χ0) is 20.2. The van der Waals surface area contributed by atoms with Crippen LogP contribution in [0.3, 0.4) is 0 Å². The number of nitrogens with one attached hydrogen (secondary N) is 1. The predicted molar refractivity (Wildman–Crippen MR) is 109 cm³/mol. The molecule has 2 aliphatic rings. The van der Waals surface area contributed by atoms with Gasteiger partial charge in [0.15, 0.2) is 5.82 Å². The largest absolute Gasteiger partial charge is 0.378 e. The van der Waals surface area contributed by atoms with Crippen LogP contribution in [0.25, 0.3) is 0 Å². The molecule has 4 rings (SSSR count). The molecule has 2 aliphatic heterocycles. The van der Waals surface area contributed by atoms with Gasteiger partial charge in [-0.2, -0.15) is 5.10 Å². The lowest BCUT2D eigenvalue weighted by molar-refractivity contribution is 0.122. The van der Waals surface area contributed by atoms with Crippen molar-refractivity contribution in [3.63, 3.8) is 0 Å². The molecule has 0 radical (unpaired) electrons. The van der Waals surface area contributed by atoms with E-state index in [0.29, 0.717) is 45.1 Å². The first kappa shape index (κ1) is 19.7. The predicted octanol–water partition coefficient (Wildman–Crippen LogP) is 2.46. The van der Waals surface area contributed by atoms with Crippen molar-refractivity contribution in [2.45, 2.75) is 0 Å². The highest BCUT2D eigenvalue weighted by molar-refractivity contribution is 6.31. The number of carbonyl (C=O) groups excluding carboxylic acids is 1. The molecule has 2 saturated heterocycles. The molecule has 1 N–H and O–H groups in total. The van der Waals surface area contributed by atoms with Crippen molar-refractivity contribution < 1.29 is 13.9 Å². The summed E-state index contributed by atoms with van der Waals surface area (Å²) in [5, 5.41) is 11.1. The molecule has 2 aromatic rings. The molecule has 2 fully saturated rings. The van der Waals surface area contributed by atoms with Crippen molar-refractivity contribution in [3.05, 3.63) is 41.3 Å². The van der Waals surface area contributed by atoms with Crippen molar-refractivity contribution in [1.82, 2.24) is 15.1 Å². The Morgan fingerprint density at radius 2 is 1.83 bits per heavy atom. The van der Waals surface area contributed by atoms with Gasteiger partial charge in [0.05, 0.1) is 30.1 Å². The van der Waals surface area contributed by atoms with Crippen LogP contribution in [0.5, 0.6) is 0 Å². The van der Waals surface area contributed by atoms with Gasteiger partial charge in [-0.3, -0.25) is 0 Å². The molecule has 0 atom stereocenters. The van der Waals surface area contributed by atoms with Crippen LogP contribution in [-0.4, -0.2) is 73.6 Å². The van der Waals surface area contributed by atoms with E-state index < -0.39 is 5.82 Å².